The quantitative estimate of drug-likeness (QED) is 0.821. The predicted molar refractivity (Wildman–Crippen MR) is 69.6 cm³/mol. The van der Waals surface area contributed by atoms with Crippen LogP contribution < -0.4 is 4.74 Å². The van der Waals surface area contributed by atoms with Crippen LogP contribution in [0.25, 0.3) is 0 Å². The normalized spacial score (nSPS) is 11.7. The molecule has 0 saturated heterocycles. The minimum atomic E-state index is -4.33. The van der Waals surface area contributed by atoms with Crippen LogP contribution in [0, 0.1) is 11.6 Å². The number of carboxylic acids is 1. The van der Waals surface area contributed by atoms with Gasteiger partial charge in [0.25, 0.3) is 0 Å². The molecule has 0 fully saturated rings. The molecule has 0 aliphatic rings. The second kappa shape index (κ2) is 6.81. The van der Waals surface area contributed by atoms with E-state index in [0.717, 1.165) is 17.5 Å². The van der Waals surface area contributed by atoms with Crippen molar-refractivity contribution >= 4 is 16.0 Å². The highest BCUT2D eigenvalue weighted by molar-refractivity contribution is 7.89. The summed E-state index contributed by atoms with van der Waals surface area (Å²) in [6.07, 6.45) is -0.432. The number of carboxylic acid groups (broad SMARTS) is 1. The van der Waals surface area contributed by atoms with Crippen molar-refractivity contribution in [1.29, 1.82) is 0 Å². The summed E-state index contributed by atoms with van der Waals surface area (Å²) in [5, 5.41) is 8.62. The lowest BCUT2D eigenvalue weighted by Gasteiger charge is -2.21. The second-order valence-electron chi connectivity index (χ2n) is 4.06. The summed E-state index contributed by atoms with van der Waals surface area (Å²) in [6.45, 7) is 1.09. The number of halogens is 2. The number of rotatable bonds is 7. The van der Waals surface area contributed by atoms with Crippen LogP contribution >= 0.6 is 0 Å². The third-order valence-corrected chi connectivity index (χ3v) is 4.75. The lowest BCUT2D eigenvalue weighted by molar-refractivity contribution is -0.137. The number of benzene rings is 1. The molecule has 0 heterocycles. The predicted octanol–water partition coefficient (Wildman–Crippen LogP) is 1.46. The lowest BCUT2D eigenvalue weighted by atomic mass is 10.3. The van der Waals surface area contributed by atoms with Gasteiger partial charge in [-0.25, -0.2) is 17.2 Å². The van der Waals surface area contributed by atoms with Crippen LogP contribution in [0.1, 0.15) is 13.3 Å². The van der Waals surface area contributed by atoms with Gasteiger partial charge in [0.15, 0.2) is 4.90 Å². The summed E-state index contributed by atoms with van der Waals surface area (Å²) in [6, 6.07) is 1.18. The molecule has 1 N–H and O–H groups in total. The number of hydrogen-bond donors (Lipinski definition) is 1. The van der Waals surface area contributed by atoms with E-state index in [1.54, 1.807) is 0 Å². The first kappa shape index (κ1) is 17.3. The Labute approximate surface area is 121 Å². The van der Waals surface area contributed by atoms with Crippen molar-refractivity contribution in [2.45, 2.75) is 18.2 Å². The highest BCUT2D eigenvalue weighted by atomic mass is 32.2. The zero-order valence-electron chi connectivity index (χ0n) is 11.5. The van der Waals surface area contributed by atoms with Crippen LogP contribution in [0.15, 0.2) is 17.0 Å². The monoisotopic (exact) mass is 323 g/mol. The molecule has 0 radical (unpaired) electrons. The van der Waals surface area contributed by atoms with Gasteiger partial charge in [-0.1, -0.05) is 6.92 Å². The Balaban J connectivity index is 3.31. The molecule has 0 aliphatic carbocycles. The molecule has 1 aromatic rings. The summed E-state index contributed by atoms with van der Waals surface area (Å²) in [5.74, 6) is -3.92. The molecule has 0 aliphatic heterocycles. The Morgan fingerprint density at radius 2 is 2.00 bits per heavy atom. The van der Waals surface area contributed by atoms with E-state index in [1.165, 1.54) is 6.92 Å². The van der Waals surface area contributed by atoms with Gasteiger partial charge in [-0.15, -0.1) is 0 Å². The zero-order chi connectivity index (χ0) is 16.2. The molecule has 1 aromatic carbocycles. The van der Waals surface area contributed by atoms with E-state index in [2.05, 4.69) is 0 Å². The maximum atomic E-state index is 13.8. The average molecular weight is 323 g/mol. The molecule has 118 valence electrons. The van der Waals surface area contributed by atoms with Crippen molar-refractivity contribution in [3.63, 3.8) is 0 Å². The Morgan fingerprint density at radius 3 is 2.48 bits per heavy atom. The molecule has 0 saturated carbocycles. The van der Waals surface area contributed by atoms with Crippen LogP contribution in [0.2, 0.25) is 0 Å². The standard InChI is InChI=1S/C12H15F2NO5S/c1-3-15(5-4-11(16)17)21(18,19)12-9(14)6-8(13)7-10(12)20-2/h6-7H,3-5H2,1-2H3,(H,16,17). The Bertz CT molecular complexity index is 633. The molecule has 0 bridgehead atoms. The van der Waals surface area contributed by atoms with Gasteiger partial charge in [0.05, 0.1) is 13.5 Å². The molecule has 0 spiro atoms. The molecule has 6 nitrogen and oxygen atoms in total. The van der Waals surface area contributed by atoms with E-state index in [4.69, 9.17) is 9.84 Å². The van der Waals surface area contributed by atoms with Gasteiger partial charge in [0.1, 0.15) is 17.4 Å². The summed E-state index contributed by atoms with van der Waals surface area (Å²) < 4.78 is 57.2. The van der Waals surface area contributed by atoms with Crippen molar-refractivity contribution in [1.82, 2.24) is 4.31 Å². The largest absolute Gasteiger partial charge is 0.495 e. The zero-order valence-corrected chi connectivity index (χ0v) is 12.3. The summed E-state index contributed by atoms with van der Waals surface area (Å²) in [4.78, 5) is 9.74. The number of ether oxygens (including phenoxy) is 1. The molecule has 0 atom stereocenters. The van der Waals surface area contributed by atoms with Crippen LogP contribution in [0.5, 0.6) is 5.75 Å². The first-order valence-electron chi connectivity index (χ1n) is 5.99. The molecule has 21 heavy (non-hydrogen) atoms. The van der Waals surface area contributed by atoms with Gasteiger partial charge in [-0.3, -0.25) is 4.79 Å². The summed E-state index contributed by atoms with van der Waals surface area (Å²) >= 11 is 0. The third-order valence-electron chi connectivity index (χ3n) is 2.72. The molecule has 0 aromatic heterocycles. The minimum absolute atomic E-state index is 0.0599. The molecule has 0 amide bonds. The highest BCUT2D eigenvalue weighted by Gasteiger charge is 2.31. The third kappa shape index (κ3) is 3.88. The number of carbonyl (C=O) groups is 1. The summed E-state index contributed by atoms with van der Waals surface area (Å²) in [7, 11) is -3.25. The van der Waals surface area contributed by atoms with Crippen molar-refractivity contribution in [3.05, 3.63) is 23.8 Å². The number of nitrogens with zero attached hydrogens (tertiary/aromatic N) is 1. The van der Waals surface area contributed by atoms with Crippen LogP contribution in [0.3, 0.4) is 0 Å². The van der Waals surface area contributed by atoms with Crippen LogP contribution in [-0.2, 0) is 14.8 Å². The molecule has 0 unspecified atom stereocenters. The Kier molecular flexibility index (Phi) is 5.62. The first-order chi connectivity index (χ1) is 9.73. The SMILES string of the molecule is CCN(CCC(=O)O)S(=O)(=O)c1c(F)cc(F)cc1OC. The topological polar surface area (TPSA) is 83.9 Å². The smallest absolute Gasteiger partial charge is 0.304 e. The maximum Gasteiger partial charge on any atom is 0.304 e. The van der Waals surface area contributed by atoms with E-state index in [9.17, 15) is 22.0 Å². The first-order valence-corrected chi connectivity index (χ1v) is 7.43. The second-order valence-corrected chi connectivity index (χ2v) is 5.93. The van der Waals surface area contributed by atoms with E-state index >= 15 is 0 Å². The fraction of sp³-hybridized carbons (Fsp3) is 0.417. The van der Waals surface area contributed by atoms with Crippen molar-refractivity contribution < 1.29 is 31.8 Å². The number of hydrogen-bond acceptors (Lipinski definition) is 4. The van der Waals surface area contributed by atoms with Crippen molar-refractivity contribution in [2.24, 2.45) is 0 Å². The molecular weight excluding hydrogens is 308 g/mol. The van der Waals surface area contributed by atoms with Crippen molar-refractivity contribution in [2.75, 3.05) is 20.2 Å². The average Bonchev–Trinajstić information content (AvgIpc) is 2.37. The van der Waals surface area contributed by atoms with Crippen molar-refractivity contribution in [3.8, 4) is 5.75 Å². The van der Waals surface area contributed by atoms with Gasteiger partial charge >= 0.3 is 5.97 Å². The molecule has 9 heteroatoms. The van der Waals surface area contributed by atoms with Crippen LogP contribution in [-0.4, -0.2) is 44.0 Å². The van der Waals surface area contributed by atoms with Crippen LogP contribution in [0.4, 0.5) is 8.78 Å². The minimum Gasteiger partial charge on any atom is -0.495 e. The Morgan fingerprint density at radius 1 is 1.38 bits per heavy atom. The van der Waals surface area contributed by atoms with Gasteiger partial charge in [-0.2, -0.15) is 4.31 Å². The highest BCUT2D eigenvalue weighted by Crippen LogP contribution is 2.30. The van der Waals surface area contributed by atoms with Gasteiger partial charge in [0.2, 0.25) is 10.0 Å². The van der Waals surface area contributed by atoms with Gasteiger partial charge in [-0.05, 0) is 0 Å². The van der Waals surface area contributed by atoms with Gasteiger partial charge < -0.3 is 9.84 Å². The summed E-state index contributed by atoms with van der Waals surface area (Å²) in [5.41, 5.74) is 0. The van der Waals surface area contributed by atoms with E-state index in [1.807, 2.05) is 0 Å². The molecular formula is C12H15F2NO5S. The maximum absolute atomic E-state index is 13.8. The van der Waals surface area contributed by atoms with E-state index in [-0.39, 0.29) is 13.1 Å². The number of sulfonamides is 1. The Hall–Kier alpha value is -1.74. The number of methoxy groups -OCH3 is 1. The molecule has 1 rings (SSSR count). The fourth-order valence-electron chi connectivity index (χ4n) is 1.74. The van der Waals surface area contributed by atoms with Gasteiger partial charge in [0, 0.05) is 25.2 Å². The lowest BCUT2D eigenvalue weighted by Crippen LogP contribution is -2.33. The number of aliphatic carboxylic acids is 1. The van der Waals surface area contributed by atoms with E-state index in [0.29, 0.717) is 6.07 Å². The fourth-order valence-corrected chi connectivity index (χ4v) is 3.37. The van der Waals surface area contributed by atoms with E-state index < -0.39 is 44.7 Å².